The molecular weight excluding hydrogens is 260 g/mol. The van der Waals surface area contributed by atoms with Crippen LogP contribution in [0.25, 0.3) is 33.3 Å². The topological polar surface area (TPSA) is 38.9 Å². The number of aromatic nitrogens is 2. The van der Waals surface area contributed by atoms with Gasteiger partial charge in [-0.15, -0.1) is 0 Å². The van der Waals surface area contributed by atoms with Crippen molar-refractivity contribution in [2.75, 3.05) is 0 Å². The molecule has 0 radical (unpaired) electrons. The molecule has 0 atom stereocenters. The highest BCUT2D eigenvalue weighted by Gasteiger charge is 2.12. The normalized spacial score (nSPS) is 11.3. The van der Waals surface area contributed by atoms with Crippen LogP contribution < -0.4 is 0 Å². The lowest BCUT2D eigenvalue weighted by atomic mass is 10.0. The van der Waals surface area contributed by atoms with Gasteiger partial charge in [-0.3, -0.25) is 4.98 Å². The minimum absolute atomic E-state index is 0.685. The minimum Gasteiger partial charge on any atom is -0.438 e. The Morgan fingerprint density at radius 3 is 2.71 bits per heavy atom. The zero-order chi connectivity index (χ0) is 14.4. The number of fused-ring (bicyclic) bond motifs is 3. The molecule has 4 rings (SSSR count). The van der Waals surface area contributed by atoms with Crippen LogP contribution >= 0.6 is 0 Å². The first-order chi connectivity index (χ1) is 10.2. The largest absolute Gasteiger partial charge is 0.438 e. The fourth-order valence-corrected chi connectivity index (χ4v) is 2.73. The van der Waals surface area contributed by atoms with Crippen LogP contribution in [0, 0.1) is 13.8 Å². The number of hydrogen-bond donors (Lipinski definition) is 0. The molecule has 0 fully saturated rings. The molecule has 0 saturated heterocycles. The summed E-state index contributed by atoms with van der Waals surface area (Å²) in [5.74, 6) is 0. The van der Waals surface area contributed by atoms with E-state index >= 15 is 0 Å². The molecule has 1 aromatic carbocycles. The van der Waals surface area contributed by atoms with Crippen molar-refractivity contribution in [3.05, 3.63) is 59.9 Å². The maximum absolute atomic E-state index is 5.88. The summed E-state index contributed by atoms with van der Waals surface area (Å²) in [4.78, 5) is 8.78. The van der Waals surface area contributed by atoms with Gasteiger partial charge in [-0.25, -0.2) is 4.98 Å². The number of pyridine rings is 2. The van der Waals surface area contributed by atoms with Crippen LogP contribution in [-0.4, -0.2) is 9.97 Å². The van der Waals surface area contributed by atoms with E-state index in [0.717, 1.165) is 33.2 Å². The fraction of sp³-hybridized carbons (Fsp3) is 0.111. The third kappa shape index (κ3) is 1.89. The second-order valence-corrected chi connectivity index (χ2v) is 5.35. The molecule has 0 spiro atoms. The van der Waals surface area contributed by atoms with Crippen molar-refractivity contribution in [3.63, 3.8) is 0 Å². The molecule has 21 heavy (non-hydrogen) atoms. The van der Waals surface area contributed by atoms with E-state index in [1.165, 1.54) is 5.56 Å². The molecule has 0 aliphatic heterocycles. The zero-order valence-corrected chi connectivity index (χ0v) is 11.9. The van der Waals surface area contributed by atoms with Crippen molar-refractivity contribution in [2.24, 2.45) is 0 Å². The summed E-state index contributed by atoms with van der Waals surface area (Å²) in [5, 5.41) is 2.20. The fourth-order valence-electron chi connectivity index (χ4n) is 2.73. The van der Waals surface area contributed by atoms with E-state index in [2.05, 4.69) is 29.0 Å². The van der Waals surface area contributed by atoms with E-state index in [-0.39, 0.29) is 0 Å². The Hall–Kier alpha value is -2.68. The average molecular weight is 274 g/mol. The molecule has 3 nitrogen and oxygen atoms in total. The maximum atomic E-state index is 5.88. The zero-order valence-electron chi connectivity index (χ0n) is 11.9. The number of nitrogens with zero attached hydrogens (tertiary/aromatic N) is 2. The number of hydrogen-bond acceptors (Lipinski definition) is 3. The van der Waals surface area contributed by atoms with Crippen LogP contribution in [-0.2, 0) is 0 Å². The molecule has 0 unspecified atom stereocenters. The lowest BCUT2D eigenvalue weighted by Gasteiger charge is -2.04. The van der Waals surface area contributed by atoms with Gasteiger partial charge in [0.15, 0.2) is 0 Å². The maximum Gasteiger partial charge on any atom is 0.227 e. The molecule has 102 valence electrons. The van der Waals surface area contributed by atoms with Crippen LogP contribution in [0.4, 0.5) is 0 Å². The molecule has 0 N–H and O–H groups in total. The van der Waals surface area contributed by atoms with Gasteiger partial charge in [0.05, 0.1) is 5.69 Å². The summed E-state index contributed by atoms with van der Waals surface area (Å²) in [6.07, 6.45) is 3.64. The molecule has 3 heterocycles. The van der Waals surface area contributed by atoms with Crippen molar-refractivity contribution >= 4 is 22.1 Å². The first-order valence-corrected chi connectivity index (χ1v) is 6.93. The van der Waals surface area contributed by atoms with Gasteiger partial charge in [0.1, 0.15) is 5.58 Å². The Bertz CT molecular complexity index is 952. The SMILES string of the molecule is Cc1ccc(-c2cc(C)c3c(c2)oc2ncccc23)nc1. The van der Waals surface area contributed by atoms with Gasteiger partial charge in [0.25, 0.3) is 0 Å². The first kappa shape index (κ1) is 12.1. The third-order valence-corrected chi connectivity index (χ3v) is 3.75. The quantitative estimate of drug-likeness (QED) is 0.506. The van der Waals surface area contributed by atoms with Gasteiger partial charge in [0.2, 0.25) is 5.71 Å². The molecule has 3 aromatic heterocycles. The van der Waals surface area contributed by atoms with Gasteiger partial charge in [-0.2, -0.15) is 0 Å². The van der Waals surface area contributed by atoms with E-state index < -0.39 is 0 Å². The monoisotopic (exact) mass is 274 g/mol. The molecule has 0 aliphatic carbocycles. The van der Waals surface area contributed by atoms with Crippen LogP contribution in [0.15, 0.2) is 53.2 Å². The standard InChI is InChI=1S/C18H14N2O/c1-11-5-6-15(20-10-11)13-8-12(2)17-14-4-3-7-19-18(14)21-16(17)9-13/h3-10H,1-2H3. The molecule has 0 bridgehead atoms. The van der Waals surface area contributed by atoms with Crippen molar-refractivity contribution in [2.45, 2.75) is 13.8 Å². The predicted octanol–water partition coefficient (Wildman–Crippen LogP) is 4.66. The van der Waals surface area contributed by atoms with E-state index in [0.29, 0.717) is 5.71 Å². The highest BCUT2D eigenvalue weighted by Crippen LogP contribution is 2.33. The first-order valence-electron chi connectivity index (χ1n) is 6.93. The van der Waals surface area contributed by atoms with Gasteiger partial charge < -0.3 is 4.42 Å². The van der Waals surface area contributed by atoms with Crippen LogP contribution in [0.1, 0.15) is 11.1 Å². The number of rotatable bonds is 1. The lowest BCUT2D eigenvalue weighted by Crippen LogP contribution is -1.85. The molecule has 4 aromatic rings. The minimum atomic E-state index is 0.685. The Kier molecular flexibility index (Phi) is 2.54. The molecule has 0 aliphatic rings. The van der Waals surface area contributed by atoms with E-state index in [1.807, 2.05) is 37.4 Å². The molecule has 0 saturated carbocycles. The van der Waals surface area contributed by atoms with Gasteiger partial charge in [0, 0.05) is 28.7 Å². The summed E-state index contributed by atoms with van der Waals surface area (Å²) < 4.78 is 5.88. The summed E-state index contributed by atoms with van der Waals surface area (Å²) in [6, 6.07) is 12.3. The van der Waals surface area contributed by atoms with Gasteiger partial charge >= 0.3 is 0 Å². The Morgan fingerprint density at radius 2 is 1.90 bits per heavy atom. The number of furan rings is 1. The highest BCUT2D eigenvalue weighted by atomic mass is 16.3. The number of aryl methyl sites for hydroxylation is 2. The molecular formula is C18H14N2O. The second-order valence-electron chi connectivity index (χ2n) is 5.35. The van der Waals surface area contributed by atoms with Crippen LogP contribution in [0.2, 0.25) is 0 Å². The Labute approximate surface area is 122 Å². The Morgan fingerprint density at radius 1 is 1.00 bits per heavy atom. The molecule has 0 amide bonds. The summed E-state index contributed by atoms with van der Waals surface area (Å²) in [6.45, 7) is 4.14. The van der Waals surface area contributed by atoms with E-state index in [1.54, 1.807) is 6.20 Å². The van der Waals surface area contributed by atoms with Crippen molar-refractivity contribution in [3.8, 4) is 11.3 Å². The van der Waals surface area contributed by atoms with E-state index in [9.17, 15) is 0 Å². The average Bonchev–Trinajstić information content (AvgIpc) is 2.86. The highest BCUT2D eigenvalue weighted by molar-refractivity contribution is 6.06. The van der Waals surface area contributed by atoms with Crippen molar-refractivity contribution < 1.29 is 4.42 Å². The van der Waals surface area contributed by atoms with Gasteiger partial charge in [-0.05, 0) is 55.3 Å². The lowest BCUT2D eigenvalue weighted by molar-refractivity contribution is 0.654. The van der Waals surface area contributed by atoms with E-state index in [4.69, 9.17) is 4.42 Å². The predicted molar refractivity (Wildman–Crippen MR) is 84.2 cm³/mol. The van der Waals surface area contributed by atoms with Gasteiger partial charge in [-0.1, -0.05) is 6.07 Å². The third-order valence-electron chi connectivity index (χ3n) is 3.75. The van der Waals surface area contributed by atoms with Crippen LogP contribution in [0.5, 0.6) is 0 Å². The Balaban J connectivity index is 2.00. The summed E-state index contributed by atoms with van der Waals surface area (Å²) in [7, 11) is 0. The molecule has 3 heteroatoms. The smallest absolute Gasteiger partial charge is 0.227 e. The second kappa shape index (κ2) is 4.42. The summed E-state index contributed by atoms with van der Waals surface area (Å²) in [5.41, 5.74) is 5.91. The van der Waals surface area contributed by atoms with Crippen molar-refractivity contribution in [1.29, 1.82) is 0 Å². The van der Waals surface area contributed by atoms with Crippen molar-refractivity contribution in [1.82, 2.24) is 9.97 Å². The summed E-state index contributed by atoms with van der Waals surface area (Å²) >= 11 is 0. The van der Waals surface area contributed by atoms with Crippen LogP contribution in [0.3, 0.4) is 0 Å². The number of benzene rings is 1.